The lowest BCUT2D eigenvalue weighted by Gasteiger charge is -2.35. The summed E-state index contributed by atoms with van der Waals surface area (Å²) < 4.78 is 0. The number of nitrogens with zero attached hydrogens (tertiary/aromatic N) is 2. The minimum Gasteiger partial charge on any atom is -0.358 e. The Morgan fingerprint density at radius 1 is 1.00 bits per heavy atom. The highest BCUT2D eigenvalue weighted by molar-refractivity contribution is 6.12. The van der Waals surface area contributed by atoms with Crippen LogP contribution < -0.4 is 20.4 Å². The molecule has 7 heteroatoms. The maximum absolute atomic E-state index is 12.6. The normalized spacial score (nSPS) is 13.2. The number of nitrogens with one attached hydrogen (secondary N) is 2. The molecule has 3 rings (SSSR count). The molecular formula is C19H20N4O3. The molecule has 2 N–H and O–H groups in total. The summed E-state index contributed by atoms with van der Waals surface area (Å²) in [5.41, 5.74) is 2.11. The van der Waals surface area contributed by atoms with Crippen molar-refractivity contribution < 1.29 is 14.4 Å². The molecule has 1 heterocycles. The number of benzene rings is 2. The zero-order chi connectivity index (χ0) is 18.5. The van der Waals surface area contributed by atoms with Crippen molar-refractivity contribution in [3.05, 3.63) is 60.2 Å². The number of amides is 4. The molecule has 0 atom stereocenters. The summed E-state index contributed by atoms with van der Waals surface area (Å²) in [5.74, 6) is -0.572. The fourth-order valence-electron chi connectivity index (χ4n) is 2.81. The van der Waals surface area contributed by atoms with Gasteiger partial charge in [0.25, 0.3) is 0 Å². The highest BCUT2D eigenvalue weighted by atomic mass is 16.2. The maximum Gasteiger partial charge on any atom is 0.322 e. The van der Waals surface area contributed by atoms with E-state index in [1.807, 2.05) is 30.3 Å². The van der Waals surface area contributed by atoms with Gasteiger partial charge in [0, 0.05) is 13.6 Å². The van der Waals surface area contributed by atoms with Crippen LogP contribution in [0, 0.1) is 0 Å². The summed E-state index contributed by atoms with van der Waals surface area (Å²) in [6.45, 7) is 0.176. The van der Waals surface area contributed by atoms with Gasteiger partial charge in [-0.2, -0.15) is 0 Å². The number of urea groups is 1. The second-order valence-electron chi connectivity index (χ2n) is 5.87. The molecule has 134 valence electrons. The van der Waals surface area contributed by atoms with Gasteiger partial charge >= 0.3 is 6.03 Å². The molecule has 0 radical (unpaired) electrons. The van der Waals surface area contributed by atoms with Gasteiger partial charge in [-0.25, -0.2) is 4.79 Å². The summed E-state index contributed by atoms with van der Waals surface area (Å²) >= 11 is 0. The fraction of sp³-hybridized carbons (Fsp3) is 0.211. The molecule has 4 amide bonds. The molecule has 0 unspecified atom stereocenters. The molecule has 0 saturated heterocycles. The molecule has 7 nitrogen and oxygen atoms in total. The predicted octanol–water partition coefficient (Wildman–Crippen LogP) is 1.50. The zero-order valence-corrected chi connectivity index (χ0v) is 14.4. The Balaban J connectivity index is 1.79. The third kappa shape index (κ3) is 3.66. The van der Waals surface area contributed by atoms with Gasteiger partial charge in [-0.15, -0.1) is 0 Å². The first kappa shape index (κ1) is 17.5. The van der Waals surface area contributed by atoms with Crippen LogP contribution >= 0.6 is 0 Å². The summed E-state index contributed by atoms with van der Waals surface area (Å²) in [7, 11) is 1.52. The van der Waals surface area contributed by atoms with Crippen LogP contribution in [0.25, 0.3) is 0 Å². The number of para-hydroxylation sites is 2. The molecule has 0 fully saturated rings. The predicted molar refractivity (Wildman–Crippen MR) is 98.9 cm³/mol. The fourth-order valence-corrected chi connectivity index (χ4v) is 2.81. The van der Waals surface area contributed by atoms with E-state index in [1.54, 1.807) is 24.3 Å². The minimum absolute atomic E-state index is 0.0776. The number of carbonyl (C=O) groups excluding carboxylic acids is 3. The molecule has 1 aliphatic heterocycles. The van der Waals surface area contributed by atoms with E-state index in [2.05, 4.69) is 10.6 Å². The first-order valence-electron chi connectivity index (χ1n) is 8.29. The molecule has 0 bridgehead atoms. The monoisotopic (exact) mass is 352 g/mol. The number of anilines is 2. The number of hydrogen-bond acceptors (Lipinski definition) is 3. The van der Waals surface area contributed by atoms with Crippen molar-refractivity contribution in [1.82, 2.24) is 10.6 Å². The van der Waals surface area contributed by atoms with Crippen molar-refractivity contribution in [3.8, 4) is 0 Å². The Labute approximate surface area is 151 Å². The SMILES string of the molecule is CNC(=O)CN1C(=O)CN(C(=O)NCc2ccccc2)c2ccccc21. The van der Waals surface area contributed by atoms with Crippen molar-refractivity contribution >= 4 is 29.2 Å². The van der Waals surface area contributed by atoms with Gasteiger partial charge in [-0.3, -0.25) is 19.4 Å². The Kier molecular flexibility index (Phi) is 5.17. The van der Waals surface area contributed by atoms with Crippen molar-refractivity contribution in [2.45, 2.75) is 6.54 Å². The number of rotatable bonds is 4. The number of likely N-dealkylation sites (N-methyl/N-ethyl adjacent to an activating group) is 1. The summed E-state index contributed by atoms with van der Waals surface area (Å²) in [6, 6.07) is 16.3. The van der Waals surface area contributed by atoms with Crippen LogP contribution in [0.3, 0.4) is 0 Å². The molecule has 1 aliphatic rings. The lowest BCUT2D eigenvalue weighted by molar-refractivity contribution is -0.123. The summed E-state index contributed by atoms with van der Waals surface area (Å²) in [5, 5.41) is 5.34. The van der Waals surface area contributed by atoms with Crippen LogP contribution in [0.2, 0.25) is 0 Å². The van der Waals surface area contributed by atoms with Crippen LogP contribution in [-0.2, 0) is 16.1 Å². The first-order valence-corrected chi connectivity index (χ1v) is 8.29. The lowest BCUT2D eigenvalue weighted by atomic mass is 10.1. The largest absolute Gasteiger partial charge is 0.358 e. The van der Waals surface area contributed by atoms with Crippen molar-refractivity contribution in [2.24, 2.45) is 0 Å². The van der Waals surface area contributed by atoms with E-state index in [9.17, 15) is 14.4 Å². The Morgan fingerprint density at radius 3 is 2.35 bits per heavy atom. The molecule has 26 heavy (non-hydrogen) atoms. The van der Waals surface area contributed by atoms with Crippen LogP contribution in [0.4, 0.5) is 16.2 Å². The van der Waals surface area contributed by atoms with Crippen LogP contribution in [0.1, 0.15) is 5.56 Å². The molecule has 0 aromatic heterocycles. The van der Waals surface area contributed by atoms with Gasteiger partial charge in [0.1, 0.15) is 13.1 Å². The van der Waals surface area contributed by atoms with Crippen LogP contribution in [0.15, 0.2) is 54.6 Å². The van der Waals surface area contributed by atoms with Crippen molar-refractivity contribution in [3.63, 3.8) is 0 Å². The second-order valence-corrected chi connectivity index (χ2v) is 5.87. The quantitative estimate of drug-likeness (QED) is 0.875. The van der Waals surface area contributed by atoms with Gasteiger partial charge in [0.2, 0.25) is 11.8 Å². The van der Waals surface area contributed by atoms with Crippen molar-refractivity contribution in [1.29, 1.82) is 0 Å². The third-order valence-electron chi connectivity index (χ3n) is 4.17. The zero-order valence-electron chi connectivity index (χ0n) is 14.4. The highest BCUT2D eigenvalue weighted by Gasteiger charge is 2.33. The Morgan fingerprint density at radius 2 is 1.65 bits per heavy atom. The molecule has 0 spiro atoms. The average Bonchev–Trinajstić information content (AvgIpc) is 2.68. The lowest BCUT2D eigenvalue weighted by Crippen LogP contribution is -2.53. The van der Waals surface area contributed by atoms with E-state index < -0.39 is 0 Å². The summed E-state index contributed by atoms with van der Waals surface area (Å²) in [4.78, 5) is 39.7. The molecule has 0 saturated carbocycles. The Bertz CT molecular complexity index is 823. The van der Waals surface area contributed by atoms with Crippen LogP contribution in [0.5, 0.6) is 0 Å². The minimum atomic E-state index is -0.353. The van der Waals surface area contributed by atoms with Gasteiger partial charge in [0.15, 0.2) is 0 Å². The van der Waals surface area contributed by atoms with Crippen molar-refractivity contribution in [2.75, 3.05) is 29.9 Å². The average molecular weight is 352 g/mol. The number of fused-ring (bicyclic) bond motifs is 1. The van der Waals surface area contributed by atoms with E-state index in [4.69, 9.17) is 0 Å². The highest BCUT2D eigenvalue weighted by Crippen LogP contribution is 2.33. The Hall–Kier alpha value is -3.35. The van der Waals surface area contributed by atoms with Gasteiger partial charge in [-0.1, -0.05) is 42.5 Å². The van der Waals surface area contributed by atoms with E-state index in [0.717, 1.165) is 5.56 Å². The second kappa shape index (κ2) is 7.69. The molecular weight excluding hydrogens is 332 g/mol. The molecule has 2 aromatic rings. The smallest absolute Gasteiger partial charge is 0.322 e. The van der Waals surface area contributed by atoms with E-state index in [1.165, 1.54) is 16.8 Å². The molecule has 0 aliphatic carbocycles. The first-order chi connectivity index (χ1) is 12.6. The standard InChI is InChI=1S/C19H20N4O3/c1-20-17(24)12-22-15-9-5-6-10-16(15)23(13-18(22)25)19(26)21-11-14-7-3-2-4-8-14/h2-10H,11-13H2,1H3,(H,20,24)(H,21,26). The summed E-state index contributed by atoms with van der Waals surface area (Å²) in [6.07, 6.45) is 0. The molecule has 2 aromatic carbocycles. The van der Waals surface area contributed by atoms with Crippen LogP contribution in [-0.4, -0.2) is 38.0 Å². The van der Waals surface area contributed by atoms with Gasteiger partial charge in [-0.05, 0) is 17.7 Å². The topological polar surface area (TPSA) is 81.8 Å². The van der Waals surface area contributed by atoms with E-state index >= 15 is 0 Å². The maximum atomic E-state index is 12.6. The van der Waals surface area contributed by atoms with E-state index in [-0.39, 0.29) is 30.9 Å². The van der Waals surface area contributed by atoms with Gasteiger partial charge in [0.05, 0.1) is 11.4 Å². The van der Waals surface area contributed by atoms with Gasteiger partial charge < -0.3 is 10.6 Å². The van der Waals surface area contributed by atoms with E-state index in [0.29, 0.717) is 17.9 Å². The number of hydrogen-bond donors (Lipinski definition) is 2. The number of carbonyl (C=O) groups is 3. The third-order valence-corrected chi connectivity index (χ3v) is 4.17.